The van der Waals surface area contributed by atoms with Crippen molar-refractivity contribution in [3.8, 4) is 0 Å². The molecule has 0 saturated heterocycles. The Balaban J connectivity index is 1.63. The molecule has 0 spiro atoms. The van der Waals surface area contributed by atoms with Gasteiger partial charge in [0.25, 0.3) is 0 Å². The third-order valence-electron chi connectivity index (χ3n) is 3.40. The van der Waals surface area contributed by atoms with Crippen LogP contribution in [0.3, 0.4) is 0 Å². The van der Waals surface area contributed by atoms with Crippen LogP contribution in [0.15, 0.2) is 48.0 Å². The summed E-state index contributed by atoms with van der Waals surface area (Å²) < 4.78 is 1.63. The van der Waals surface area contributed by atoms with Crippen molar-refractivity contribution < 1.29 is 9.90 Å². The Labute approximate surface area is 138 Å². The molecular weight excluding hydrogens is 310 g/mol. The summed E-state index contributed by atoms with van der Waals surface area (Å²) in [5, 5.41) is 15.9. The van der Waals surface area contributed by atoms with Crippen molar-refractivity contribution in [3.05, 3.63) is 69.9 Å². The van der Waals surface area contributed by atoms with Crippen LogP contribution in [0, 0.1) is 0 Å². The summed E-state index contributed by atoms with van der Waals surface area (Å²) in [5.41, 5.74) is 2.38. The van der Waals surface area contributed by atoms with Crippen molar-refractivity contribution in [1.29, 1.82) is 0 Å². The van der Waals surface area contributed by atoms with E-state index in [1.807, 2.05) is 23.6 Å². The topological polar surface area (TPSA) is 68.0 Å². The van der Waals surface area contributed by atoms with Gasteiger partial charge < -0.3 is 5.11 Å². The van der Waals surface area contributed by atoms with Crippen molar-refractivity contribution in [2.24, 2.45) is 0 Å². The van der Waals surface area contributed by atoms with Gasteiger partial charge in [-0.3, -0.25) is 9.48 Å². The summed E-state index contributed by atoms with van der Waals surface area (Å²) >= 11 is 1.51. The summed E-state index contributed by atoms with van der Waals surface area (Å²) in [4.78, 5) is 16.7. The number of Topliss-reactive ketones (excluding diaryl/α,β-unsaturated/α-hetero) is 1. The highest BCUT2D eigenvalue weighted by atomic mass is 32.1. The first-order chi connectivity index (χ1) is 11.2. The molecule has 0 aliphatic heterocycles. The lowest BCUT2D eigenvalue weighted by Gasteiger charge is -1.97. The number of aliphatic hydroxyl groups is 1. The zero-order chi connectivity index (χ0) is 16.1. The zero-order valence-corrected chi connectivity index (χ0v) is 13.4. The molecular formula is C17H17N3O2S. The third-order valence-corrected chi connectivity index (χ3v) is 4.25. The molecule has 6 heteroatoms. The maximum Gasteiger partial charge on any atom is 0.188 e. The number of benzene rings is 1. The molecule has 23 heavy (non-hydrogen) atoms. The number of rotatable bonds is 7. The van der Waals surface area contributed by atoms with Crippen LogP contribution in [0.2, 0.25) is 0 Å². The van der Waals surface area contributed by atoms with Crippen LogP contribution in [0.25, 0.3) is 0 Å². The smallest absolute Gasteiger partial charge is 0.188 e. The van der Waals surface area contributed by atoms with Crippen LogP contribution in [0.5, 0.6) is 0 Å². The van der Waals surface area contributed by atoms with E-state index in [1.165, 1.54) is 16.9 Å². The van der Waals surface area contributed by atoms with E-state index in [1.54, 1.807) is 16.9 Å². The lowest BCUT2D eigenvalue weighted by molar-refractivity contribution is 0.0987. The molecule has 0 radical (unpaired) electrons. The highest BCUT2D eigenvalue weighted by Gasteiger charge is 2.13. The number of nitrogens with zero attached hydrogens (tertiary/aromatic N) is 3. The molecule has 1 N–H and O–H groups in total. The third kappa shape index (κ3) is 4.12. The number of carbonyl (C=O) groups excluding carboxylic acids is 1. The van der Waals surface area contributed by atoms with E-state index in [0.29, 0.717) is 17.9 Å². The van der Waals surface area contributed by atoms with Gasteiger partial charge in [-0.05, 0) is 11.6 Å². The predicted octanol–water partition coefficient (Wildman–Crippen LogP) is 2.35. The molecule has 0 fully saturated rings. The van der Waals surface area contributed by atoms with E-state index in [-0.39, 0.29) is 18.8 Å². The summed E-state index contributed by atoms with van der Waals surface area (Å²) in [5.74, 6) is -0.0326. The average Bonchev–Trinajstić information content (AvgIpc) is 3.18. The van der Waals surface area contributed by atoms with E-state index < -0.39 is 0 Å². The maximum absolute atomic E-state index is 12.3. The molecule has 0 amide bonds. The van der Waals surface area contributed by atoms with Crippen molar-refractivity contribution >= 4 is 17.1 Å². The molecule has 0 unspecified atom stereocenters. The van der Waals surface area contributed by atoms with Crippen LogP contribution in [-0.2, 0) is 19.4 Å². The first kappa shape index (κ1) is 15.6. The Morgan fingerprint density at radius 1 is 1.22 bits per heavy atom. The quantitative estimate of drug-likeness (QED) is 0.676. The van der Waals surface area contributed by atoms with Gasteiger partial charge in [0, 0.05) is 18.0 Å². The second-order valence-electron chi connectivity index (χ2n) is 5.18. The number of ketones is 1. The second-order valence-corrected chi connectivity index (χ2v) is 6.13. The normalized spacial score (nSPS) is 10.8. The van der Waals surface area contributed by atoms with Crippen molar-refractivity contribution in [2.75, 3.05) is 6.61 Å². The molecule has 3 rings (SSSR count). The summed E-state index contributed by atoms with van der Waals surface area (Å²) in [7, 11) is 0. The fourth-order valence-corrected chi connectivity index (χ4v) is 3.10. The lowest BCUT2D eigenvalue weighted by Crippen LogP contribution is -2.07. The fourth-order valence-electron chi connectivity index (χ4n) is 2.27. The molecule has 0 aliphatic carbocycles. The molecule has 1 aromatic carbocycles. The number of hydrogen-bond donors (Lipinski definition) is 1. The second kappa shape index (κ2) is 7.30. The van der Waals surface area contributed by atoms with Gasteiger partial charge in [-0.15, -0.1) is 11.3 Å². The van der Waals surface area contributed by atoms with Gasteiger partial charge in [-0.1, -0.05) is 30.3 Å². The van der Waals surface area contributed by atoms with Crippen molar-refractivity contribution in [3.63, 3.8) is 0 Å². The molecule has 2 heterocycles. The van der Waals surface area contributed by atoms with Crippen LogP contribution >= 0.6 is 11.3 Å². The van der Waals surface area contributed by atoms with Gasteiger partial charge in [-0.25, -0.2) is 4.98 Å². The molecule has 3 aromatic rings. The summed E-state index contributed by atoms with van der Waals surface area (Å²) in [6.45, 7) is 0.468. The van der Waals surface area contributed by atoms with E-state index in [2.05, 4.69) is 22.2 Å². The Bertz CT molecular complexity index is 780. The van der Waals surface area contributed by atoms with Gasteiger partial charge in [0.05, 0.1) is 30.3 Å². The minimum atomic E-state index is -0.0326. The number of thiazole rings is 1. The van der Waals surface area contributed by atoms with E-state index in [9.17, 15) is 4.79 Å². The summed E-state index contributed by atoms with van der Waals surface area (Å²) in [6.07, 6.45) is 2.73. The van der Waals surface area contributed by atoms with Crippen LogP contribution in [0.1, 0.15) is 26.8 Å². The van der Waals surface area contributed by atoms with E-state index in [0.717, 1.165) is 11.4 Å². The maximum atomic E-state index is 12.3. The Morgan fingerprint density at radius 2 is 2.04 bits per heavy atom. The van der Waals surface area contributed by atoms with Crippen molar-refractivity contribution in [2.45, 2.75) is 19.4 Å². The van der Waals surface area contributed by atoms with Gasteiger partial charge in [0.2, 0.25) is 0 Å². The summed E-state index contributed by atoms with van der Waals surface area (Å²) in [6, 6.07) is 11.9. The predicted molar refractivity (Wildman–Crippen MR) is 88.7 cm³/mol. The number of carbonyl (C=O) groups is 1. The molecule has 0 atom stereocenters. The van der Waals surface area contributed by atoms with Crippen LogP contribution in [0.4, 0.5) is 0 Å². The van der Waals surface area contributed by atoms with Gasteiger partial charge >= 0.3 is 0 Å². The first-order valence-corrected chi connectivity index (χ1v) is 8.27. The molecule has 2 aromatic heterocycles. The minimum Gasteiger partial charge on any atom is -0.394 e. The fraction of sp³-hybridized carbons (Fsp3) is 0.235. The Hall–Kier alpha value is -2.31. The Morgan fingerprint density at radius 3 is 2.83 bits per heavy atom. The zero-order valence-electron chi connectivity index (χ0n) is 12.6. The largest absolute Gasteiger partial charge is 0.394 e. The highest BCUT2D eigenvalue weighted by molar-refractivity contribution is 7.09. The SMILES string of the molecule is O=C(Cc1ccn(CCO)n1)c1csc(Cc2ccccc2)n1. The monoisotopic (exact) mass is 327 g/mol. The Kier molecular flexibility index (Phi) is 4.95. The lowest BCUT2D eigenvalue weighted by atomic mass is 10.1. The molecule has 5 nitrogen and oxygen atoms in total. The van der Waals surface area contributed by atoms with Gasteiger partial charge in [-0.2, -0.15) is 5.10 Å². The molecule has 0 bridgehead atoms. The van der Waals surface area contributed by atoms with E-state index >= 15 is 0 Å². The number of hydrogen-bond acceptors (Lipinski definition) is 5. The average molecular weight is 327 g/mol. The van der Waals surface area contributed by atoms with E-state index in [4.69, 9.17) is 5.11 Å². The molecule has 0 saturated carbocycles. The van der Waals surface area contributed by atoms with Crippen LogP contribution in [-0.4, -0.2) is 32.3 Å². The van der Waals surface area contributed by atoms with Crippen LogP contribution < -0.4 is 0 Å². The van der Waals surface area contributed by atoms with Gasteiger partial charge in [0.1, 0.15) is 5.69 Å². The number of aromatic nitrogens is 3. The molecule has 0 aliphatic rings. The van der Waals surface area contributed by atoms with Gasteiger partial charge in [0.15, 0.2) is 5.78 Å². The number of aliphatic hydroxyl groups excluding tert-OH is 1. The van der Waals surface area contributed by atoms with Crippen molar-refractivity contribution in [1.82, 2.24) is 14.8 Å². The molecule has 118 valence electrons. The highest BCUT2D eigenvalue weighted by Crippen LogP contribution is 2.16. The first-order valence-electron chi connectivity index (χ1n) is 7.39. The minimum absolute atomic E-state index is 0.0317. The standard InChI is InChI=1S/C17H17N3O2S/c21-9-8-20-7-6-14(19-20)11-16(22)15-12-23-17(18-15)10-13-4-2-1-3-5-13/h1-7,12,21H,8-11H2.